The standard InChI is InChI=1S/C28H28N2O2S/c1-5-29(6-2)21-13-15-22(16-14-21)30-27(31)25(24-17-12-19(3)18-20(24)4)26(28(30)32)33-23-10-8-7-9-11-23/h7-18H,5-6H2,1-4H3. The molecule has 0 spiro atoms. The molecule has 3 aromatic carbocycles. The van der Waals surface area contributed by atoms with Crippen molar-refractivity contribution >= 4 is 40.5 Å². The first-order valence-corrected chi connectivity index (χ1v) is 12.0. The van der Waals surface area contributed by atoms with Gasteiger partial charge in [0.25, 0.3) is 11.8 Å². The number of nitrogens with zero attached hydrogens (tertiary/aromatic N) is 2. The van der Waals surface area contributed by atoms with Crippen molar-refractivity contribution < 1.29 is 9.59 Å². The van der Waals surface area contributed by atoms with Gasteiger partial charge in [-0.2, -0.15) is 0 Å². The molecule has 1 heterocycles. The van der Waals surface area contributed by atoms with E-state index in [0.717, 1.165) is 40.4 Å². The van der Waals surface area contributed by atoms with Crippen molar-refractivity contribution in [2.24, 2.45) is 0 Å². The number of rotatable bonds is 7. The van der Waals surface area contributed by atoms with Gasteiger partial charge in [0.1, 0.15) is 0 Å². The fourth-order valence-electron chi connectivity index (χ4n) is 4.18. The van der Waals surface area contributed by atoms with Gasteiger partial charge in [0.2, 0.25) is 0 Å². The number of aryl methyl sites for hydroxylation is 2. The zero-order valence-corrected chi connectivity index (χ0v) is 20.3. The Morgan fingerprint density at radius 2 is 1.48 bits per heavy atom. The van der Waals surface area contributed by atoms with Crippen LogP contribution in [0.5, 0.6) is 0 Å². The summed E-state index contributed by atoms with van der Waals surface area (Å²) in [5, 5.41) is 0. The van der Waals surface area contributed by atoms with Crippen LogP contribution in [0.4, 0.5) is 11.4 Å². The molecule has 5 heteroatoms. The minimum absolute atomic E-state index is 0.277. The lowest BCUT2D eigenvalue weighted by Gasteiger charge is -2.22. The molecule has 0 radical (unpaired) electrons. The Kier molecular flexibility index (Phi) is 6.70. The lowest BCUT2D eigenvalue weighted by molar-refractivity contribution is -0.119. The van der Waals surface area contributed by atoms with Crippen LogP contribution in [0.15, 0.2) is 82.6 Å². The van der Waals surface area contributed by atoms with Crippen molar-refractivity contribution in [1.82, 2.24) is 0 Å². The molecule has 4 nitrogen and oxygen atoms in total. The molecular weight excluding hydrogens is 428 g/mol. The molecule has 0 fully saturated rings. The molecule has 0 aliphatic carbocycles. The Balaban J connectivity index is 1.77. The number of imide groups is 1. The van der Waals surface area contributed by atoms with Crippen LogP contribution in [0.25, 0.3) is 5.57 Å². The summed E-state index contributed by atoms with van der Waals surface area (Å²) >= 11 is 1.35. The van der Waals surface area contributed by atoms with Crippen molar-refractivity contribution in [1.29, 1.82) is 0 Å². The summed E-state index contributed by atoms with van der Waals surface area (Å²) in [6.45, 7) is 10.0. The van der Waals surface area contributed by atoms with Crippen LogP contribution < -0.4 is 9.80 Å². The lowest BCUT2D eigenvalue weighted by atomic mass is 9.99. The predicted octanol–water partition coefficient (Wildman–Crippen LogP) is 6.23. The number of amides is 2. The van der Waals surface area contributed by atoms with Crippen molar-refractivity contribution in [3.05, 3.63) is 94.4 Å². The van der Waals surface area contributed by atoms with E-state index >= 15 is 0 Å². The number of hydrogen-bond donors (Lipinski definition) is 0. The molecule has 0 saturated carbocycles. The van der Waals surface area contributed by atoms with Crippen LogP contribution >= 0.6 is 11.8 Å². The van der Waals surface area contributed by atoms with E-state index in [0.29, 0.717) is 16.2 Å². The van der Waals surface area contributed by atoms with Gasteiger partial charge >= 0.3 is 0 Å². The van der Waals surface area contributed by atoms with Crippen LogP contribution in [0.1, 0.15) is 30.5 Å². The van der Waals surface area contributed by atoms with E-state index in [1.807, 2.05) is 86.6 Å². The van der Waals surface area contributed by atoms with Crippen LogP contribution in [0.3, 0.4) is 0 Å². The zero-order valence-electron chi connectivity index (χ0n) is 19.5. The second-order valence-corrected chi connectivity index (χ2v) is 9.16. The van der Waals surface area contributed by atoms with E-state index in [1.165, 1.54) is 16.7 Å². The third-order valence-electron chi connectivity index (χ3n) is 5.89. The molecule has 0 aromatic heterocycles. The minimum atomic E-state index is -0.278. The van der Waals surface area contributed by atoms with Gasteiger partial charge in [-0.05, 0) is 75.2 Å². The highest BCUT2D eigenvalue weighted by Gasteiger charge is 2.41. The fourth-order valence-corrected chi connectivity index (χ4v) is 5.18. The number of hydrogen-bond acceptors (Lipinski definition) is 4. The summed E-state index contributed by atoms with van der Waals surface area (Å²) < 4.78 is 0. The topological polar surface area (TPSA) is 40.6 Å². The second-order valence-electron chi connectivity index (χ2n) is 8.07. The molecule has 1 aliphatic heterocycles. The number of anilines is 2. The van der Waals surface area contributed by atoms with Gasteiger partial charge in [-0.25, -0.2) is 4.90 Å². The normalized spacial score (nSPS) is 13.8. The highest BCUT2D eigenvalue weighted by molar-refractivity contribution is 8.04. The molecular formula is C28H28N2O2S. The third kappa shape index (κ3) is 4.46. The predicted molar refractivity (Wildman–Crippen MR) is 138 cm³/mol. The number of benzene rings is 3. The SMILES string of the molecule is CCN(CC)c1ccc(N2C(=O)C(Sc3ccccc3)=C(c3ccc(C)cc3C)C2=O)cc1. The molecule has 2 amide bonds. The Morgan fingerprint density at radius 3 is 2.09 bits per heavy atom. The van der Waals surface area contributed by atoms with Gasteiger partial charge in [-0.15, -0.1) is 0 Å². The first kappa shape index (κ1) is 22.9. The van der Waals surface area contributed by atoms with Crippen LogP contribution in [0, 0.1) is 13.8 Å². The number of carbonyl (C=O) groups excluding carboxylic acids is 2. The fraction of sp³-hybridized carbons (Fsp3) is 0.214. The van der Waals surface area contributed by atoms with Gasteiger partial charge < -0.3 is 4.90 Å². The lowest BCUT2D eigenvalue weighted by Crippen LogP contribution is -2.31. The smallest absolute Gasteiger partial charge is 0.272 e. The maximum absolute atomic E-state index is 13.7. The van der Waals surface area contributed by atoms with Gasteiger partial charge in [-0.3, -0.25) is 9.59 Å². The maximum atomic E-state index is 13.7. The van der Waals surface area contributed by atoms with Crippen molar-refractivity contribution in [2.45, 2.75) is 32.6 Å². The Bertz CT molecular complexity index is 1210. The minimum Gasteiger partial charge on any atom is -0.372 e. The Hall–Kier alpha value is -3.31. The molecule has 0 bridgehead atoms. The molecule has 0 unspecified atom stereocenters. The van der Waals surface area contributed by atoms with E-state index < -0.39 is 0 Å². The molecule has 0 saturated heterocycles. The molecule has 3 aromatic rings. The average Bonchev–Trinajstić information content (AvgIpc) is 3.05. The van der Waals surface area contributed by atoms with Gasteiger partial charge in [0.15, 0.2) is 0 Å². The summed E-state index contributed by atoms with van der Waals surface area (Å²) in [6, 6.07) is 23.4. The molecule has 0 atom stereocenters. The quantitative estimate of drug-likeness (QED) is 0.395. The van der Waals surface area contributed by atoms with Crippen LogP contribution in [-0.4, -0.2) is 24.9 Å². The Labute approximate surface area is 199 Å². The monoisotopic (exact) mass is 456 g/mol. The van der Waals surface area contributed by atoms with Gasteiger partial charge in [0.05, 0.1) is 16.2 Å². The second kappa shape index (κ2) is 9.67. The van der Waals surface area contributed by atoms with Crippen LogP contribution in [-0.2, 0) is 9.59 Å². The highest BCUT2D eigenvalue weighted by atomic mass is 32.2. The third-order valence-corrected chi connectivity index (χ3v) is 6.98. The van der Waals surface area contributed by atoms with E-state index in [1.54, 1.807) is 0 Å². The zero-order chi connectivity index (χ0) is 23.5. The summed E-state index contributed by atoms with van der Waals surface area (Å²) in [5.74, 6) is -0.555. The number of thioether (sulfide) groups is 1. The maximum Gasteiger partial charge on any atom is 0.272 e. The van der Waals surface area contributed by atoms with Crippen molar-refractivity contribution in [3.8, 4) is 0 Å². The molecule has 4 rings (SSSR count). The number of carbonyl (C=O) groups is 2. The summed E-state index contributed by atoms with van der Waals surface area (Å²) in [4.78, 5) is 32.3. The average molecular weight is 457 g/mol. The first-order chi connectivity index (χ1) is 15.9. The highest BCUT2D eigenvalue weighted by Crippen LogP contribution is 2.42. The van der Waals surface area contributed by atoms with E-state index in [-0.39, 0.29) is 11.8 Å². The van der Waals surface area contributed by atoms with Gasteiger partial charge in [0, 0.05) is 23.7 Å². The van der Waals surface area contributed by atoms with E-state index in [2.05, 4.69) is 18.7 Å². The van der Waals surface area contributed by atoms with Crippen LogP contribution in [0.2, 0.25) is 0 Å². The molecule has 33 heavy (non-hydrogen) atoms. The summed E-state index contributed by atoms with van der Waals surface area (Å²) in [6.07, 6.45) is 0. The van der Waals surface area contributed by atoms with Gasteiger partial charge in [-0.1, -0.05) is 53.7 Å². The van der Waals surface area contributed by atoms with Crippen molar-refractivity contribution in [2.75, 3.05) is 22.9 Å². The van der Waals surface area contributed by atoms with E-state index in [9.17, 15) is 9.59 Å². The molecule has 0 N–H and O–H groups in total. The largest absolute Gasteiger partial charge is 0.372 e. The first-order valence-electron chi connectivity index (χ1n) is 11.2. The summed E-state index contributed by atoms with van der Waals surface area (Å²) in [7, 11) is 0. The molecule has 168 valence electrons. The molecule has 1 aliphatic rings. The van der Waals surface area contributed by atoms with E-state index in [4.69, 9.17) is 0 Å². The Morgan fingerprint density at radius 1 is 0.818 bits per heavy atom. The van der Waals surface area contributed by atoms with Crippen molar-refractivity contribution in [3.63, 3.8) is 0 Å². The summed E-state index contributed by atoms with van der Waals surface area (Å²) in [5.41, 5.74) is 5.04.